The van der Waals surface area contributed by atoms with E-state index in [2.05, 4.69) is 47.5 Å². The van der Waals surface area contributed by atoms with Gasteiger partial charge in [-0.25, -0.2) is 4.79 Å². The first kappa shape index (κ1) is 35.5. The van der Waals surface area contributed by atoms with Gasteiger partial charge in [0.15, 0.2) is 23.6 Å². The summed E-state index contributed by atoms with van der Waals surface area (Å²) in [6, 6.07) is 3.36. The van der Waals surface area contributed by atoms with Crippen molar-refractivity contribution in [2.75, 3.05) is 47.4 Å². The number of aliphatic imine (C=N–C) groups is 1. The van der Waals surface area contributed by atoms with Crippen LogP contribution in [-0.2, 0) is 24.5 Å². The number of guanidine groups is 1. The minimum atomic E-state index is -0.900. The molecule has 1 aliphatic carbocycles. The molecule has 14 heteroatoms. The Morgan fingerprint density at radius 3 is 2.68 bits per heavy atom. The number of aryl methyl sites for hydroxylation is 1. The first-order valence-electron chi connectivity index (χ1n) is 16.1. The van der Waals surface area contributed by atoms with E-state index in [4.69, 9.17) is 25.7 Å². The predicted molar refractivity (Wildman–Crippen MR) is 176 cm³/mol. The third-order valence-electron chi connectivity index (χ3n) is 9.64. The molecule has 0 saturated carbocycles. The summed E-state index contributed by atoms with van der Waals surface area (Å²) in [5, 5.41) is 5.36. The summed E-state index contributed by atoms with van der Waals surface area (Å²) < 4.78 is 18.4. The molecular formula is C33H49N7O7. The number of methoxy groups -OCH3 is 1. The smallest absolute Gasteiger partial charge is 0.414 e. The number of allylic oxidation sites excluding steroid dienone is 1. The molecule has 3 amide bonds. The van der Waals surface area contributed by atoms with Crippen molar-refractivity contribution in [1.29, 1.82) is 0 Å². The van der Waals surface area contributed by atoms with Crippen LogP contribution in [0.2, 0.25) is 0 Å². The fourth-order valence-electron chi connectivity index (χ4n) is 7.14. The predicted octanol–water partition coefficient (Wildman–Crippen LogP) is 1.33. The second kappa shape index (κ2) is 15.1. The molecule has 0 unspecified atom stereocenters. The molecule has 5 atom stereocenters. The van der Waals surface area contributed by atoms with E-state index in [-0.39, 0.29) is 61.6 Å². The van der Waals surface area contributed by atoms with Gasteiger partial charge in [0.2, 0.25) is 11.8 Å². The molecule has 2 aliphatic heterocycles. The van der Waals surface area contributed by atoms with E-state index in [1.54, 1.807) is 14.2 Å². The molecular weight excluding hydrogens is 606 g/mol. The number of amides is 3. The summed E-state index contributed by atoms with van der Waals surface area (Å²) in [7, 11) is 5.36. The molecule has 0 aromatic heterocycles. The number of likely N-dealkylation sites (N-methyl/N-ethyl adjacent to an activating group) is 1. The first-order valence-corrected chi connectivity index (χ1v) is 16.1. The summed E-state index contributed by atoms with van der Waals surface area (Å²) in [6.45, 7) is 7.04. The average molecular weight is 656 g/mol. The average Bonchev–Trinajstić information content (AvgIpc) is 3.37. The third-order valence-corrected chi connectivity index (χ3v) is 9.64. The van der Waals surface area contributed by atoms with Gasteiger partial charge in [-0.15, -0.1) is 0 Å². The van der Waals surface area contributed by atoms with Gasteiger partial charge in [-0.3, -0.25) is 19.4 Å². The second-order valence-corrected chi connectivity index (χ2v) is 12.8. The highest BCUT2D eigenvalue weighted by Gasteiger charge is 2.62. The van der Waals surface area contributed by atoms with Gasteiger partial charge >= 0.3 is 6.09 Å². The van der Waals surface area contributed by atoms with Gasteiger partial charge in [0.25, 0.3) is 0 Å². The standard InChI is InChI=1S/C33H49N7O7/c1-19-9-11-24(45-6)28-27(19)33-13-16-39(4)21(3)22(33)10-12-25(29(33)47-28)46-32(44)40(5)17-15-36-30(43)23(8-7-14-37-31(34)35)38-26(42)18-20(2)41/h9,11-12,21-23,29H,7-8,10,13-18H2,1-6H3,(H,36,43)(H,38,42)(H4,34,35,37)/t21-,22+,23+,29+,33+/m1/s1. The molecule has 14 nitrogen and oxygen atoms in total. The maximum Gasteiger partial charge on any atom is 0.414 e. The van der Waals surface area contributed by atoms with Gasteiger partial charge in [-0.05, 0) is 83.7 Å². The molecule has 1 spiro atoms. The Morgan fingerprint density at radius 1 is 1.26 bits per heavy atom. The highest BCUT2D eigenvalue weighted by molar-refractivity contribution is 5.98. The summed E-state index contributed by atoms with van der Waals surface area (Å²) in [5.74, 6) is 0.706. The normalized spacial score (nSPS) is 23.4. The fourth-order valence-corrected chi connectivity index (χ4v) is 7.14. The van der Waals surface area contributed by atoms with Crippen LogP contribution < -0.4 is 31.6 Å². The van der Waals surface area contributed by atoms with Crippen molar-refractivity contribution in [3.05, 3.63) is 35.1 Å². The third kappa shape index (κ3) is 7.64. The van der Waals surface area contributed by atoms with Crippen LogP contribution in [0, 0.1) is 12.8 Å². The molecule has 4 rings (SSSR count). The van der Waals surface area contributed by atoms with E-state index in [0.717, 1.165) is 30.5 Å². The van der Waals surface area contributed by atoms with E-state index in [0.29, 0.717) is 23.7 Å². The number of carbonyl (C=O) groups is 4. The Balaban J connectivity index is 1.41. The Morgan fingerprint density at radius 2 is 2.00 bits per heavy atom. The zero-order valence-electron chi connectivity index (χ0n) is 28.3. The molecule has 0 radical (unpaired) electrons. The molecule has 258 valence electrons. The first-order chi connectivity index (χ1) is 22.3. The zero-order chi connectivity index (χ0) is 34.5. The van der Waals surface area contributed by atoms with E-state index in [1.165, 1.54) is 11.8 Å². The molecule has 2 heterocycles. The number of ketones is 1. The second-order valence-electron chi connectivity index (χ2n) is 12.8. The van der Waals surface area contributed by atoms with Crippen molar-refractivity contribution in [3.8, 4) is 11.5 Å². The quantitative estimate of drug-likeness (QED) is 0.104. The van der Waals surface area contributed by atoms with Crippen LogP contribution in [-0.4, -0.2) is 105 Å². The van der Waals surface area contributed by atoms with Crippen LogP contribution in [0.3, 0.4) is 0 Å². The molecule has 3 aliphatic rings. The van der Waals surface area contributed by atoms with Crippen LogP contribution in [0.25, 0.3) is 0 Å². The molecule has 1 fully saturated rings. The SMILES string of the molecule is COc1ccc(C)c2c1O[C@H]1C(OC(=O)N(C)CCNC(=O)[C@H](CCCN=C(N)N)NC(=O)CC(C)=O)=CC[C@H]3[C@@H](C)N(C)CC[C@]213. The number of hydrogen-bond donors (Lipinski definition) is 4. The molecule has 0 bridgehead atoms. The van der Waals surface area contributed by atoms with E-state index in [1.807, 2.05) is 12.1 Å². The van der Waals surface area contributed by atoms with Gasteiger partial charge in [-0.2, -0.15) is 0 Å². The lowest BCUT2D eigenvalue weighted by Gasteiger charge is -2.53. The summed E-state index contributed by atoms with van der Waals surface area (Å²) in [5.41, 5.74) is 12.6. The topological polar surface area (TPSA) is 191 Å². The number of fused-ring (bicyclic) bond motifs is 1. The molecule has 6 N–H and O–H groups in total. The fraction of sp³-hybridized carbons (Fsp3) is 0.606. The Labute approximate surface area is 276 Å². The largest absolute Gasteiger partial charge is 0.493 e. The zero-order valence-corrected chi connectivity index (χ0v) is 28.3. The van der Waals surface area contributed by atoms with Gasteiger partial charge in [0.05, 0.1) is 13.5 Å². The van der Waals surface area contributed by atoms with Crippen LogP contribution in [0.15, 0.2) is 29.0 Å². The lowest BCUT2D eigenvalue weighted by atomic mass is 9.57. The number of nitrogens with one attached hydrogen (secondary N) is 2. The minimum Gasteiger partial charge on any atom is -0.493 e. The number of likely N-dealkylation sites (tertiary alicyclic amines) is 1. The molecule has 1 aromatic rings. The van der Waals surface area contributed by atoms with Crippen molar-refractivity contribution in [3.63, 3.8) is 0 Å². The van der Waals surface area contributed by atoms with Gasteiger partial charge in [0.1, 0.15) is 17.6 Å². The maximum atomic E-state index is 13.4. The van der Waals surface area contributed by atoms with Crippen molar-refractivity contribution >= 4 is 29.7 Å². The van der Waals surface area contributed by atoms with Crippen molar-refractivity contribution in [2.24, 2.45) is 22.4 Å². The Bertz CT molecular complexity index is 1430. The van der Waals surface area contributed by atoms with Gasteiger partial charge in [0, 0.05) is 43.7 Å². The monoisotopic (exact) mass is 655 g/mol. The van der Waals surface area contributed by atoms with Crippen molar-refractivity contribution < 1.29 is 33.4 Å². The highest BCUT2D eigenvalue weighted by Crippen LogP contribution is 2.61. The molecule has 1 aromatic carbocycles. The summed E-state index contributed by atoms with van der Waals surface area (Å²) in [6.07, 6.45) is 2.82. The number of benzene rings is 1. The van der Waals surface area contributed by atoms with E-state index >= 15 is 0 Å². The Kier molecular flexibility index (Phi) is 11.4. The lowest BCUT2D eigenvalue weighted by molar-refractivity contribution is -0.131. The van der Waals surface area contributed by atoms with Crippen LogP contribution >= 0.6 is 0 Å². The number of Topliss-reactive ketones (excluding diaryl/α,β-unsaturated/α-hetero) is 1. The number of ether oxygens (including phenoxy) is 3. The van der Waals surface area contributed by atoms with Gasteiger partial charge in [-0.1, -0.05) is 6.07 Å². The maximum absolute atomic E-state index is 13.4. The van der Waals surface area contributed by atoms with Crippen molar-refractivity contribution in [1.82, 2.24) is 20.4 Å². The lowest BCUT2D eigenvalue weighted by Crippen LogP contribution is -2.60. The molecule has 47 heavy (non-hydrogen) atoms. The van der Waals surface area contributed by atoms with Crippen molar-refractivity contribution in [2.45, 2.75) is 76.5 Å². The number of rotatable bonds is 13. The summed E-state index contributed by atoms with van der Waals surface area (Å²) >= 11 is 0. The Hall–Kier alpha value is -4.33. The number of nitrogens with two attached hydrogens (primary N) is 2. The minimum absolute atomic E-state index is 0.0692. The van der Waals surface area contributed by atoms with E-state index < -0.39 is 30.1 Å². The molecule has 1 saturated heterocycles. The number of hydrogen-bond acceptors (Lipinski definition) is 9. The van der Waals surface area contributed by atoms with Crippen LogP contribution in [0.1, 0.15) is 57.1 Å². The number of piperidine rings is 1. The van der Waals surface area contributed by atoms with Crippen LogP contribution in [0.5, 0.6) is 11.5 Å². The highest BCUT2D eigenvalue weighted by atomic mass is 16.6. The van der Waals surface area contributed by atoms with E-state index in [9.17, 15) is 19.2 Å². The van der Waals surface area contributed by atoms with Crippen LogP contribution in [0.4, 0.5) is 4.79 Å². The number of carbonyl (C=O) groups excluding carboxylic acids is 4. The van der Waals surface area contributed by atoms with Gasteiger partial charge < -0.3 is 46.1 Å². The summed E-state index contributed by atoms with van der Waals surface area (Å²) in [4.78, 5) is 57.6. The number of nitrogens with zero attached hydrogens (tertiary/aromatic N) is 3.